The molecule has 19 heavy (non-hydrogen) atoms. The molecule has 0 saturated carbocycles. The molecule has 104 valence electrons. The van der Waals surface area contributed by atoms with Crippen LogP contribution >= 0.6 is 0 Å². The third-order valence-electron chi connectivity index (χ3n) is 3.07. The zero-order valence-corrected chi connectivity index (χ0v) is 10.2. The Kier molecular flexibility index (Phi) is 3.59. The third kappa shape index (κ3) is 2.94. The van der Waals surface area contributed by atoms with Crippen molar-refractivity contribution >= 4 is 11.7 Å². The van der Waals surface area contributed by atoms with Gasteiger partial charge in [-0.15, -0.1) is 0 Å². The highest BCUT2D eigenvalue weighted by atomic mass is 19.4. The number of carbonyl (C=O) groups is 1. The van der Waals surface area contributed by atoms with Crippen LogP contribution in [0.4, 0.5) is 19.0 Å². The first kappa shape index (κ1) is 13.6. The van der Waals surface area contributed by atoms with Crippen LogP contribution in [-0.4, -0.2) is 36.0 Å². The number of carbonyl (C=O) groups excluding carboxylic acids is 1. The molecule has 1 aliphatic rings. The minimum atomic E-state index is -4.49. The van der Waals surface area contributed by atoms with Crippen LogP contribution in [0.1, 0.15) is 12.1 Å². The van der Waals surface area contributed by atoms with E-state index in [0.29, 0.717) is 19.5 Å². The summed E-state index contributed by atoms with van der Waals surface area (Å²) in [7, 11) is 1.54. The lowest BCUT2D eigenvalue weighted by atomic mass is 10.1. The maximum atomic E-state index is 12.5. The summed E-state index contributed by atoms with van der Waals surface area (Å²) in [6, 6.07) is 0.909. The molecule has 2 rings (SSSR count). The standard InChI is InChI=1S/C11H13F3N4O/c1-15-10(19)7-2-3-18(5-7)9-4-8(11(12,13)14)16-6-17-9/h4,6-7H,2-3,5H2,1H3,(H,15,19). The Balaban J connectivity index is 2.14. The molecule has 1 aromatic heterocycles. The number of hydrogen-bond donors (Lipinski definition) is 1. The van der Waals surface area contributed by atoms with E-state index >= 15 is 0 Å². The Morgan fingerprint density at radius 1 is 1.47 bits per heavy atom. The number of rotatable bonds is 2. The maximum Gasteiger partial charge on any atom is 0.433 e. The van der Waals surface area contributed by atoms with Crippen molar-refractivity contribution in [2.75, 3.05) is 25.0 Å². The number of halogens is 3. The van der Waals surface area contributed by atoms with Gasteiger partial charge in [-0.1, -0.05) is 0 Å². The SMILES string of the molecule is CNC(=O)C1CCN(c2cc(C(F)(F)F)ncn2)C1. The molecule has 2 heterocycles. The van der Waals surface area contributed by atoms with Crippen LogP contribution in [0.3, 0.4) is 0 Å². The normalized spacial score (nSPS) is 19.6. The zero-order chi connectivity index (χ0) is 14.0. The lowest BCUT2D eigenvalue weighted by molar-refractivity contribution is -0.141. The average molecular weight is 274 g/mol. The van der Waals surface area contributed by atoms with Crippen molar-refractivity contribution in [2.24, 2.45) is 5.92 Å². The molecular formula is C11H13F3N4O. The van der Waals surface area contributed by atoms with Crippen molar-refractivity contribution in [3.8, 4) is 0 Å². The first-order valence-corrected chi connectivity index (χ1v) is 5.77. The molecule has 1 saturated heterocycles. The molecular weight excluding hydrogens is 261 g/mol. The van der Waals surface area contributed by atoms with E-state index in [1.54, 1.807) is 4.90 Å². The van der Waals surface area contributed by atoms with Gasteiger partial charge < -0.3 is 10.2 Å². The topological polar surface area (TPSA) is 58.1 Å². The molecule has 8 heteroatoms. The first-order valence-electron chi connectivity index (χ1n) is 5.77. The van der Waals surface area contributed by atoms with Crippen LogP contribution in [0.25, 0.3) is 0 Å². The highest BCUT2D eigenvalue weighted by Crippen LogP contribution is 2.30. The van der Waals surface area contributed by atoms with Crippen molar-refractivity contribution in [2.45, 2.75) is 12.6 Å². The predicted molar refractivity (Wildman–Crippen MR) is 61.4 cm³/mol. The number of amides is 1. The second-order valence-corrected chi connectivity index (χ2v) is 4.31. The van der Waals surface area contributed by atoms with Crippen molar-refractivity contribution in [3.05, 3.63) is 18.1 Å². The molecule has 1 atom stereocenters. The summed E-state index contributed by atoms with van der Waals surface area (Å²) in [5.41, 5.74) is -0.971. The van der Waals surface area contributed by atoms with Crippen LogP contribution in [0.2, 0.25) is 0 Å². The summed E-state index contributed by atoms with van der Waals surface area (Å²) in [6.07, 6.45) is -2.99. The van der Waals surface area contributed by atoms with Crippen LogP contribution in [-0.2, 0) is 11.0 Å². The molecule has 1 aliphatic heterocycles. The lowest BCUT2D eigenvalue weighted by Crippen LogP contribution is -2.30. The summed E-state index contributed by atoms with van der Waals surface area (Å²) in [5, 5.41) is 2.54. The number of nitrogens with one attached hydrogen (secondary N) is 1. The van der Waals surface area contributed by atoms with Gasteiger partial charge in [0.05, 0.1) is 5.92 Å². The Hall–Kier alpha value is -1.86. The summed E-state index contributed by atoms with van der Waals surface area (Å²) in [6.45, 7) is 0.875. The van der Waals surface area contributed by atoms with Crippen LogP contribution < -0.4 is 10.2 Å². The Bertz CT molecular complexity index is 477. The largest absolute Gasteiger partial charge is 0.433 e. The van der Waals surface area contributed by atoms with Gasteiger partial charge in [0.15, 0.2) is 0 Å². The van der Waals surface area contributed by atoms with E-state index in [4.69, 9.17) is 0 Å². The second kappa shape index (κ2) is 5.02. The molecule has 0 aromatic carbocycles. The van der Waals surface area contributed by atoms with Gasteiger partial charge >= 0.3 is 6.18 Å². The summed E-state index contributed by atoms with van der Waals surface area (Å²) < 4.78 is 37.6. The van der Waals surface area contributed by atoms with Crippen molar-refractivity contribution in [1.82, 2.24) is 15.3 Å². The van der Waals surface area contributed by atoms with Crippen molar-refractivity contribution < 1.29 is 18.0 Å². The van der Waals surface area contributed by atoms with Gasteiger partial charge in [0, 0.05) is 26.2 Å². The molecule has 1 amide bonds. The van der Waals surface area contributed by atoms with Crippen LogP contribution in [0, 0.1) is 5.92 Å². The minimum absolute atomic E-state index is 0.104. The fraction of sp³-hybridized carbons (Fsp3) is 0.545. The zero-order valence-electron chi connectivity index (χ0n) is 10.2. The Morgan fingerprint density at radius 2 is 2.21 bits per heavy atom. The molecule has 1 N–H and O–H groups in total. The van der Waals surface area contributed by atoms with E-state index in [-0.39, 0.29) is 17.6 Å². The maximum absolute atomic E-state index is 12.5. The van der Waals surface area contributed by atoms with Gasteiger partial charge in [-0.25, -0.2) is 9.97 Å². The highest BCUT2D eigenvalue weighted by Gasteiger charge is 2.34. The number of anilines is 1. The number of aromatic nitrogens is 2. The van der Waals surface area contributed by atoms with Gasteiger partial charge in [0.2, 0.25) is 5.91 Å². The third-order valence-corrected chi connectivity index (χ3v) is 3.07. The molecule has 0 spiro atoms. The number of hydrogen-bond acceptors (Lipinski definition) is 4. The highest BCUT2D eigenvalue weighted by molar-refractivity contribution is 5.79. The van der Waals surface area contributed by atoms with Crippen LogP contribution in [0.5, 0.6) is 0 Å². The average Bonchev–Trinajstić information content (AvgIpc) is 2.86. The fourth-order valence-electron chi connectivity index (χ4n) is 2.06. The van der Waals surface area contributed by atoms with E-state index in [2.05, 4.69) is 15.3 Å². The Morgan fingerprint density at radius 3 is 2.84 bits per heavy atom. The fourth-order valence-corrected chi connectivity index (χ4v) is 2.06. The van der Waals surface area contributed by atoms with E-state index in [9.17, 15) is 18.0 Å². The van der Waals surface area contributed by atoms with E-state index in [1.165, 1.54) is 7.05 Å². The first-order chi connectivity index (χ1) is 8.91. The second-order valence-electron chi connectivity index (χ2n) is 4.31. The lowest BCUT2D eigenvalue weighted by Gasteiger charge is -2.18. The van der Waals surface area contributed by atoms with Gasteiger partial charge in [0.25, 0.3) is 0 Å². The van der Waals surface area contributed by atoms with Gasteiger partial charge in [-0.05, 0) is 6.42 Å². The van der Waals surface area contributed by atoms with E-state index in [1.807, 2.05) is 0 Å². The predicted octanol–water partition coefficient (Wildman–Crippen LogP) is 1.07. The van der Waals surface area contributed by atoms with Gasteiger partial charge in [0.1, 0.15) is 17.8 Å². The monoisotopic (exact) mass is 274 g/mol. The molecule has 0 bridgehead atoms. The molecule has 1 unspecified atom stereocenters. The number of alkyl halides is 3. The molecule has 1 aromatic rings. The molecule has 0 aliphatic carbocycles. The van der Waals surface area contributed by atoms with Crippen LogP contribution in [0.15, 0.2) is 12.4 Å². The minimum Gasteiger partial charge on any atom is -0.359 e. The molecule has 5 nitrogen and oxygen atoms in total. The van der Waals surface area contributed by atoms with E-state index in [0.717, 1.165) is 12.4 Å². The van der Waals surface area contributed by atoms with E-state index < -0.39 is 11.9 Å². The molecule has 1 fully saturated rings. The quantitative estimate of drug-likeness (QED) is 0.876. The van der Waals surface area contributed by atoms with Gasteiger partial charge in [-0.2, -0.15) is 13.2 Å². The summed E-state index contributed by atoms with van der Waals surface area (Å²) in [4.78, 5) is 20.2. The smallest absolute Gasteiger partial charge is 0.359 e. The Labute approximate surface area is 107 Å². The molecule has 0 radical (unpaired) electrons. The van der Waals surface area contributed by atoms with Crippen molar-refractivity contribution in [1.29, 1.82) is 0 Å². The summed E-state index contributed by atoms with van der Waals surface area (Å²) >= 11 is 0. The van der Waals surface area contributed by atoms with Crippen molar-refractivity contribution in [3.63, 3.8) is 0 Å². The summed E-state index contributed by atoms with van der Waals surface area (Å²) in [5.74, 6) is -0.115. The van der Waals surface area contributed by atoms with Gasteiger partial charge in [-0.3, -0.25) is 4.79 Å². The number of nitrogens with zero attached hydrogens (tertiary/aromatic N) is 3.